The summed E-state index contributed by atoms with van der Waals surface area (Å²) in [6.45, 7) is 7.21. The lowest BCUT2D eigenvalue weighted by atomic mass is 10.1. The number of aliphatic hydroxyl groups is 1. The topological polar surface area (TPSA) is 48.4 Å². The van der Waals surface area contributed by atoms with E-state index < -0.39 is 0 Å². The molecule has 0 aromatic carbocycles. The van der Waals surface area contributed by atoms with Gasteiger partial charge in [-0.15, -0.1) is 0 Å². The molecular formula is C18H36N2O2. The smallest absolute Gasteiger partial charge is 0.0991 e. The van der Waals surface area contributed by atoms with E-state index in [2.05, 4.69) is 21.6 Å². The molecular weight excluding hydrogens is 276 g/mol. The van der Waals surface area contributed by atoms with Crippen LogP contribution in [-0.2, 0) is 4.74 Å². The summed E-state index contributed by atoms with van der Waals surface area (Å²) in [5.41, 5.74) is 0. The van der Waals surface area contributed by atoms with E-state index in [1.54, 1.807) is 0 Å². The molecule has 0 radical (unpaired) electrons. The van der Waals surface area contributed by atoms with Crippen molar-refractivity contribution in [3.63, 3.8) is 0 Å². The van der Waals surface area contributed by atoms with Crippen molar-refractivity contribution in [2.24, 2.45) is 4.99 Å². The molecule has 22 heavy (non-hydrogen) atoms. The number of aliphatic hydroxyl groups excluding tert-OH is 1. The average molecular weight is 312 g/mol. The monoisotopic (exact) mass is 312 g/mol. The third-order valence-electron chi connectivity index (χ3n) is 4.11. The fourth-order valence-corrected chi connectivity index (χ4v) is 2.72. The molecule has 0 aromatic heterocycles. The van der Waals surface area contributed by atoms with Crippen LogP contribution in [0.25, 0.3) is 0 Å². The zero-order chi connectivity index (χ0) is 15.9. The van der Waals surface area contributed by atoms with Gasteiger partial charge in [-0.2, -0.15) is 0 Å². The van der Waals surface area contributed by atoms with Crippen molar-refractivity contribution < 1.29 is 9.84 Å². The molecule has 0 aliphatic carbocycles. The number of amidine groups is 1. The summed E-state index contributed by atoms with van der Waals surface area (Å²) >= 11 is 0. The highest BCUT2D eigenvalue weighted by atomic mass is 16.6. The molecule has 2 aliphatic heterocycles. The highest BCUT2D eigenvalue weighted by molar-refractivity contribution is 5.83. The SMILES string of the molecule is C1CO1.CCCCCCCCCCCC1=NCCN1CCO. The molecule has 130 valence electrons. The molecule has 1 saturated heterocycles. The number of β-amino-alcohol motifs (C(OH)–C–C–N with tert-alkyl or cyclic N) is 1. The molecule has 2 heterocycles. The maximum absolute atomic E-state index is 8.98. The van der Waals surface area contributed by atoms with Crippen molar-refractivity contribution in [1.29, 1.82) is 0 Å². The molecule has 2 rings (SSSR count). The van der Waals surface area contributed by atoms with Crippen molar-refractivity contribution in [2.45, 2.75) is 71.1 Å². The van der Waals surface area contributed by atoms with Gasteiger partial charge in [0.05, 0.1) is 32.2 Å². The van der Waals surface area contributed by atoms with Crippen LogP contribution >= 0.6 is 0 Å². The van der Waals surface area contributed by atoms with E-state index in [4.69, 9.17) is 5.11 Å². The first kappa shape index (κ1) is 19.4. The van der Waals surface area contributed by atoms with Gasteiger partial charge >= 0.3 is 0 Å². The zero-order valence-electron chi connectivity index (χ0n) is 14.6. The summed E-state index contributed by atoms with van der Waals surface area (Å²) in [4.78, 5) is 6.78. The second-order valence-electron chi connectivity index (χ2n) is 6.20. The number of rotatable bonds is 12. The zero-order valence-corrected chi connectivity index (χ0v) is 14.6. The minimum absolute atomic E-state index is 0.247. The quantitative estimate of drug-likeness (QED) is 0.442. The molecule has 0 unspecified atom stereocenters. The Morgan fingerprint density at radius 3 is 2.14 bits per heavy atom. The summed E-state index contributed by atoms with van der Waals surface area (Å²) in [7, 11) is 0. The van der Waals surface area contributed by atoms with E-state index in [9.17, 15) is 0 Å². The van der Waals surface area contributed by atoms with Crippen LogP contribution in [0, 0.1) is 0 Å². The summed E-state index contributed by atoms with van der Waals surface area (Å²) in [6.07, 6.45) is 13.5. The van der Waals surface area contributed by atoms with E-state index >= 15 is 0 Å². The number of hydrogen-bond donors (Lipinski definition) is 1. The number of aliphatic imine (C=N–C) groups is 1. The lowest BCUT2D eigenvalue weighted by molar-refractivity contribution is 0.255. The number of ether oxygens (including phenoxy) is 1. The molecule has 1 N–H and O–H groups in total. The Morgan fingerprint density at radius 1 is 1.00 bits per heavy atom. The minimum Gasteiger partial charge on any atom is -0.395 e. The van der Waals surface area contributed by atoms with Crippen LogP contribution in [0.1, 0.15) is 71.1 Å². The van der Waals surface area contributed by atoms with Crippen LogP contribution in [0.15, 0.2) is 4.99 Å². The summed E-state index contributed by atoms with van der Waals surface area (Å²) in [5.74, 6) is 1.23. The van der Waals surface area contributed by atoms with E-state index in [1.807, 2.05) is 0 Å². The second kappa shape index (κ2) is 14.0. The van der Waals surface area contributed by atoms with Crippen molar-refractivity contribution >= 4 is 5.84 Å². The van der Waals surface area contributed by atoms with E-state index in [-0.39, 0.29) is 6.61 Å². The van der Waals surface area contributed by atoms with Crippen LogP contribution in [-0.4, -0.2) is 55.3 Å². The summed E-state index contributed by atoms with van der Waals surface area (Å²) < 4.78 is 4.50. The molecule has 0 spiro atoms. The Balaban J connectivity index is 0.000000714. The number of nitrogens with zero attached hydrogens (tertiary/aromatic N) is 2. The summed E-state index contributed by atoms with van der Waals surface area (Å²) in [6, 6.07) is 0. The van der Waals surface area contributed by atoms with Crippen LogP contribution in [0.4, 0.5) is 0 Å². The Hall–Kier alpha value is -0.610. The van der Waals surface area contributed by atoms with Crippen molar-refractivity contribution in [3.8, 4) is 0 Å². The van der Waals surface area contributed by atoms with Crippen molar-refractivity contribution in [2.75, 3.05) is 39.5 Å². The molecule has 4 heteroatoms. The van der Waals surface area contributed by atoms with E-state index in [1.165, 1.54) is 63.6 Å². The Kier molecular flexibility index (Phi) is 12.4. The predicted molar refractivity (Wildman–Crippen MR) is 93.6 cm³/mol. The largest absolute Gasteiger partial charge is 0.395 e. The van der Waals surface area contributed by atoms with Crippen LogP contribution in [0.5, 0.6) is 0 Å². The van der Waals surface area contributed by atoms with Gasteiger partial charge < -0.3 is 14.7 Å². The van der Waals surface area contributed by atoms with Crippen molar-refractivity contribution in [1.82, 2.24) is 4.90 Å². The standard InChI is InChI=1S/C16H32N2O.C2H4O/c1-2-3-4-5-6-7-8-9-10-11-16-17-12-13-18(16)14-15-19;1-2-3-1/h19H,2-15H2,1H3;1-2H2. The first-order valence-electron chi connectivity index (χ1n) is 9.35. The fourth-order valence-electron chi connectivity index (χ4n) is 2.72. The highest BCUT2D eigenvalue weighted by Gasteiger charge is 2.14. The first-order chi connectivity index (χ1) is 10.9. The number of unbranched alkanes of at least 4 members (excludes halogenated alkanes) is 8. The molecule has 0 amide bonds. The normalized spacial score (nSPS) is 16.3. The third-order valence-corrected chi connectivity index (χ3v) is 4.11. The van der Waals surface area contributed by atoms with Crippen LogP contribution in [0.3, 0.4) is 0 Å². The van der Waals surface area contributed by atoms with Gasteiger partial charge in [0.25, 0.3) is 0 Å². The van der Waals surface area contributed by atoms with Crippen molar-refractivity contribution in [3.05, 3.63) is 0 Å². The second-order valence-corrected chi connectivity index (χ2v) is 6.20. The van der Waals surface area contributed by atoms with E-state index in [0.29, 0.717) is 0 Å². The van der Waals surface area contributed by atoms with Gasteiger partial charge in [0.1, 0.15) is 0 Å². The van der Waals surface area contributed by atoms with Crippen LogP contribution in [0.2, 0.25) is 0 Å². The highest BCUT2D eigenvalue weighted by Crippen LogP contribution is 2.13. The van der Waals surface area contributed by atoms with Gasteiger partial charge in [0.2, 0.25) is 0 Å². The van der Waals surface area contributed by atoms with Gasteiger partial charge in [-0.05, 0) is 6.42 Å². The Bertz CT molecular complexity index is 278. The molecule has 0 aromatic rings. The molecule has 0 saturated carbocycles. The fraction of sp³-hybridized carbons (Fsp3) is 0.944. The predicted octanol–water partition coefficient (Wildman–Crippen LogP) is 3.63. The lowest BCUT2D eigenvalue weighted by Crippen LogP contribution is -2.30. The number of epoxide rings is 1. The average Bonchev–Trinajstić information content (AvgIpc) is 3.35. The van der Waals surface area contributed by atoms with Gasteiger partial charge in [-0.1, -0.05) is 58.3 Å². The minimum atomic E-state index is 0.247. The molecule has 2 aliphatic rings. The summed E-state index contributed by atoms with van der Waals surface area (Å²) in [5, 5.41) is 8.98. The van der Waals surface area contributed by atoms with Gasteiger partial charge in [0.15, 0.2) is 0 Å². The number of hydrogen-bond acceptors (Lipinski definition) is 4. The maximum Gasteiger partial charge on any atom is 0.0991 e. The first-order valence-corrected chi connectivity index (χ1v) is 9.35. The van der Waals surface area contributed by atoms with Gasteiger partial charge in [-0.3, -0.25) is 4.99 Å². The maximum atomic E-state index is 8.98. The molecule has 4 nitrogen and oxygen atoms in total. The Morgan fingerprint density at radius 2 is 1.59 bits per heavy atom. The van der Waals surface area contributed by atoms with Gasteiger partial charge in [0, 0.05) is 19.5 Å². The molecule has 1 fully saturated rings. The lowest BCUT2D eigenvalue weighted by Gasteiger charge is -2.18. The Labute approximate surface area is 137 Å². The molecule has 0 bridgehead atoms. The van der Waals surface area contributed by atoms with Gasteiger partial charge in [-0.25, -0.2) is 0 Å². The van der Waals surface area contributed by atoms with Crippen LogP contribution < -0.4 is 0 Å². The third kappa shape index (κ3) is 11.0. The van der Waals surface area contributed by atoms with E-state index in [0.717, 1.165) is 39.3 Å². The molecule has 0 atom stereocenters.